The van der Waals surface area contributed by atoms with Gasteiger partial charge in [-0.1, -0.05) is 48.5 Å². The van der Waals surface area contributed by atoms with Crippen molar-refractivity contribution in [3.63, 3.8) is 0 Å². The molecule has 2 N–H and O–H groups in total. The molecule has 1 amide bonds. The minimum atomic E-state index is -0.375. The van der Waals surface area contributed by atoms with Gasteiger partial charge in [-0.15, -0.1) is 10.2 Å². The molecule has 4 aromatic rings. The predicted molar refractivity (Wildman–Crippen MR) is 116 cm³/mol. The van der Waals surface area contributed by atoms with Crippen LogP contribution in [0.2, 0.25) is 5.02 Å². The van der Waals surface area contributed by atoms with Crippen LogP contribution in [0.15, 0.2) is 47.6 Å². The molecule has 0 aliphatic rings. The number of methoxy groups -OCH3 is 1. The molecule has 2 aromatic heterocycles. The summed E-state index contributed by atoms with van der Waals surface area (Å²) in [6.45, 7) is 1.94. The average Bonchev–Trinajstić information content (AvgIpc) is 3.09. The number of hydrogen-bond acceptors (Lipinski definition) is 6. The number of fused-ring (bicyclic) bond motifs is 3. The molecule has 0 radical (unpaired) electrons. The van der Waals surface area contributed by atoms with E-state index in [9.17, 15) is 4.79 Å². The van der Waals surface area contributed by atoms with Gasteiger partial charge < -0.3 is 15.0 Å². The summed E-state index contributed by atoms with van der Waals surface area (Å²) in [6, 6.07) is 12.9. The molecule has 7 nitrogen and oxygen atoms in total. The summed E-state index contributed by atoms with van der Waals surface area (Å²) >= 11 is 7.41. The summed E-state index contributed by atoms with van der Waals surface area (Å²) in [4.78, 5) is 20.5. The Labute approximate surface area is 176 Å². The molecule has 4 rings (SSSR count). The second-order valence-corrected chi connectivity index (χ2v) is 7.89. The second kappa shape index (κ2) is 8.26. The Hall–Kier alpha value is -2.84. The highest BCUT2D eigenvalue weighted by Gasteiger charge is 2.21. The number of aromatic nitrogens is 4. The molecule has 0 aliphatic carbocycles. The second-order valence-electron chi connectivity index (χ2n) is 6.32. The highest BCUT2D eigenvalue weighted by atomic mass is 35.5. The van der Waals surface area contributed by atoms with Crippen LogP contribution in [-0.4, -0.2) is 38.4 Å². The number of H-pyrrole nitrogens is 1. The van der Waals surface area contributed by atoms with Gasteiger partial charge >= 0.3 is 0 Å². The molecule has 29 heavy (non-hydrogen) atoms. The number of anilines is 1. The van der Waals surface area contributed by atoms with Crippen molar-refractivity contribution in [1.29, 1.82) is 0 Å². The minimum absolute atomic E-state index is 0.154. The molecule has 0 fully saturated rings. The quantitative estimate of drug-likeness (QED) is 0.434. The van der Waals surface area contributed by atoms with Crippen molar-refractivity contribution in [3.05, 3.63) is 47.5 Å². The Balaban J connectivity index is 1.52. The highest BCUT2D eigenvalue weighted by Crippen LogP contribution is 2.29. The van der Waals surface area contributed by atoms with Crippen LogP contribution in [0.3, 0.4) is 0 Å². The Morgan fingerprint density at radius 2 is 2.10 bits per heavy atom. The number of ether oxygens (including phenoxy) is 1. The van der Waals surface area contributed by atoms with Crippen molar-refractivity contribution in [2.24, 2.45) is 0 Å². The van der Waals surface area contributed by atoms with Gasteiger partial charge in [0.25, 0.3) is 0 Å². The SMILES string of the molecule is CCC(Sc1nnc2c(n1)[nH]c1ccccc12)C(=O)Nc1ccc(OC)c(Cl)c1. The zero-order valence-electron chi connectivity index (χ0n) is 15.8. The Kier molecular flexibility index (Phi) is 5.55. The number of rotatable bonds is 6. The van der Waals surface area contributed by atoms with Gasteiger partial charge in [-0.25, -0.2) is 4.98 Å². The summed E-state index contributed by atoms with van der Waals surface area (Å²) < 4.78 is 5.13. The van der Waals surface area contributed by atoms with Gasteiger partial charge in [-0.05, 0) is 30.7 Å². The van der Waals surface area contributed by atoms with Gasteiger partial charge in [0.1, 0.15) is 11.3 Å². The fraction of sp³-hybridized carbons (Fsp3) is 0.200. The van der Waals surface area contributed by atoms with Gasteiger partial charge in [0, 0.05) is 16.6 Å². The first-order valence-electron chi connectivity index (χ1n) is 9.01. The van der Waals surface area contributed by atoms with E-state index < -0.39 is 0 Å². The fourth-order valence-electron chi connectivity index (χ4n) is 2.97. The van der Waals surface area contributed by atoms with E-state index in [-0.39, 0.29) is 11.2 Å². The monoisotopic (exact) mass is 427 g/mol. The van der Waals surface area contributed by atoms with Crippen LogP contribution in [0, 0.1) is 0 Å². The van der Waals surface area contributed by atoms with Crippen molar-refractivity contribution >= 4 is 57.0 Å². The summed E-state index contributed by atoms with van der Waals surface area (Å²) in [5, 5.41) is 12.9. The van der Waals surface area contributed by atoms with Crippen LogP contribution in [-0.2, 0) is 4.79 Å². The van der Waals surface area contributed by atoms with Gasteiger partial charge in [-0.3, -0.25) is 4.79 Å². The molecule has 0 aliphatic heterocycles. The van der Waals surface area contributed by atoms with Crippen molar-refractivity contribution in [3.8, 4) is 5.75 Å². The van der Waals surface area contributed by atoms with Gasteiger partial charge in [-0.2, -0.15) is 0 Å². The number of benzene rings is 2. The van der Waals surface area contributed by atoms with E-state index in [0.29, 0.717) is 33.7 Å². The summed E-state index contributed by atoms with van der Waals surface area (Å²) in [5.41, 5.74) is 2.92. The van der Waals surface area contributed by atoms with Crippen molar-refractivity contribution in [2.45, 2.75) is 23.8 Å². The Morgan fingerprint density at radius 1 is 1.28 bits per heavy atom. The van der Waals surface area contributed by atoms with E-state index >= 15 is 0 Å². The zero-order valence-corrected chi connectivity index (χ0v) is 17.3. The number of nitrogens with zero attached hydrogens (tertiary/aromatic N) is 3. The number of hydrogen-bond donors (Lipinski definition) is 2. The van der Waals surface area contributed by atoms with Gasteiger partial charge in [0.15, 0.2) is 5.65 Å². The van der Waals surface area contributed by atoms with E-state index in [2.05, 4.69) is 25.5 Å². The number of carbonyl (C=O) groups excluding carboxylic acids is 1. The molecule has 1 atom stereocenters. The fourth-order valence-corrected chi connectivity index (χ4v) is 4.05. The molecule has 9 heteroatoms. The number of amides is 1. The van der Waals surface area contributed by atoms with Crippen LogP contribution in [0.25, 0.3) is 22.1 Å². The summed E-state index contributed by atoms with van der Waals surface area (Å²) in [7, 11) is 1.54. The molecule has 2 aromatic carbocycles. The Morgan fingerprint density at radius 3 is 2.86 bits per heavy atom. The first-order valence-corrected chi connectivity index (χ1v) is 10.3. The van der Waals surface area contributed by atoms with Crippen molar-refractivity contribution in [2.75, 3.05) is 12.4 Å². The number of aromatic amines is 1. The smallest absolute Gasteiger partial charge is 0.237 e. The summed E-state index contributed by atoms with van der Waals surface area (Å²) in [5.74, 6) is 0.399. The third-order valence-electron chi connectivity index (χ3n) is 4.43. The third-order valence-corrected chi connectivity index (χ3v) is 5.94. The largest absolute Gasteiger partial charge is 0.495 e. The lowest BCUT2D eigenvalue weighted by molar-refractivity contribution is -0.115. The third kappa shape index (κ3) is 3.99. The van der Waals surface area contributed by atoms with E-state index in [4.69, 9.17) is 16.3 Å². The van der Waals surface area contributed by atoms with Gasteiger partial charge in [0.2, 0.25) is 11.1 Å². The number of nitrogens with one attached hydrogen (secondary N) is 2. The molecule has 1 unspecified atom stereocenters. The van der Waals surface area contributed by atoms with E-state index in [1.54, 1.807) is 25.3 Å². The van der Waals surface area contributed by atoms with Crippen LogP contribution < -0.4 is 10.1 Å². The average molecular weight is 428 g/mol. The molecule has 0 bridgehead atoms. The topological polar surface area (TPSA) is 92.8 Å². The molecule has 2 heterocycles. The molecule has 0 spiro atoms. The summed E-state index contributed by atoms with van der Waals surface area (Å²) in [6.07, 6.45) is 0.606. The lowest BCUT2D eigenvalue weighted by Crippen LogP contribution is -2.24. The zero-order chi connectivity index (χ0) is 20.4. The Bertz CT molecular complexity index is 1200. The van der Waals surface area contributed by atoms with Crippen LogP contribution >= 0.6 is 23.4 Å². The molecular weight excluding hydrogens is 410 g/mol. The van der Waals surface area contributed by atoms with E-state index in [0.717, 1.165) is 16.4 Å². The lowest BCUT2D eigenvalue weighted by atomic mass is 10.2. The number of carbonyl (C=O) groups is 1. The number of thioether (sulfide) groups is 1. The predicted octanol–water partition coefficient (Wildman–Crippen LogP) is 4.68. The number of para-hydroxylation sites is 1. The first-order chi connectivity index (χ1) is 14.1. The van der Waals surface area contributed by atoms with Crippen LogP contribution in [0.4, 0.5) is 5.69 Å². The maximum Gasteiger partial charge on any atom is 0.237 e. The number of halogens is 1. The molecule has 0 saturated heterocycles. The maximum atomic E-state index is 12.7. The maximum absolute atomic E-state index is 12.7. The highest BCUT2D eigenvalue weighted by molar-refractivity contribution is 8.00. The van der Waals surface area contributed by atoms with Gasteiger partial charge in [0.05, 0.1) is 17.4 Å². The standard InChI is InChI=1S/C20H18ClN5O2S/c1-3-16(19(27)22-11-8-9-15(28-2)13(21)10-11)29-20-24-18-17(25-26-20)12-6-4-5-7-14(12)23-18/h4-10,16H,3H2,1-2H3,(H,22,27)(H,23,24,26). The molecular formula is C20H18ClN5O2S. The minimum Gasteiger partial charge on any atom is -0.495 e. The van der Waals surface area contributed by atoms with E-state index in [1.807, 2.05) is 31.2 Å². The van der Waals surface area contributed by atoms with Crippen molar-refractivity contribution in [1.82, 2.24) is 20.2 Å². The van der Waals surface area contributed by atoms with E-state index in [1.165, 1.54) is 11.8 Å². The molecule has 148 valence electrons. The lowest BCUT2D eigenvalue weighted by Gasteiger charge is -2.14. The molecule has 0 saturated carbocycles. The first kappa shape index (κ1) is 19.5. The van der Waals surface area contributed by atoms with Crippen LogP contribution in [0.5, 0.6) is 5.75 Å². The normalized spacial score (nSPS) is 12.2. The van der Waals surface area contributed by atoms with Crippen LogP contribution in [0.1, 0.15) is 13.3 Å². The van der Waals surface area contributed by atoms with Crippen molar-refractivity contribution < 1.29 is 9.53 Å².